The summed E-state index contributed by atoms with van der Waals surface area (Å²) in [5.74, 6) is 0.643. The Morgan fingerprint density at radius 1 is 1.39 bits per heavy atom. The van der Waals surface area contributed by atoms with Gasteiger partial charge in [-0.2, -0.15) is 4.98 Å². The van der Waals surface area contributed by atoms with Gasteiger partial charge < -0.3 is 20.1 Å². The lowest BCUT2D eigenvalue weighted by atomic mass is 10.1. The van der Waals surface area contributed by atoms with Crippen LogP contribution in [0.5, 0.6) is 5.75 Å². The Kier molecular flexibility index (Phi) is 2.96. The lowest BCUT2D eigenvalue weighted by molar-refractivity contribution is 0.00973. The van der Waals surface area contributed by atoms with E-state index in [-0.39, 0.29) is 11.6 Å². The molecule has 1 aromatic carbocycles. The molecule has 2 aromatic rings. The van der Waals surface area contributed by atoms with Crippen LogP contribution in [0.4, 0.5) is 5.69 Å². The largest absolute Gasteiger partial charge is 0.507 e. The zero-order chi connectivity index (χ0) is 13.3. The molecule has 0 unspecified atom stereocenters. The summed E-state index contributed by atoms with van der Waals surface area (Å²) in [4.78, 5) is 4.21. The van der Waals surface area contributed by atoms with Crippen LogP contribution in [0.25, 0.3) is 11.5 Å². The molecule has 0 fully saturated rings. The molecule has 2 rings (SSSR count). The number of hydrogen-bond acceptors (Lipinski definition) is 6. The Labute approximate surface area is 104 Å². The standard InChI is InChI=1S/C12H15N3O3/c1-12(2,17-3)11-14-10(18-15-11)8-5-4-7(13)6-9(8)16/h4-6,16H,13H2,1-3H3. The molecule has 0 aliphatic heterocycles. The average Bonchev–Trinajstić information content (AvgIpc) is 2.79. The van der Waals surface area contributed by atoms with E-state index in [0.717, 1.165) is 0 Å². The molecule has 0 amide bonds. The van der Waals surface area contributed by atoms with Crippen molar-refractivity contribution in [2.45, 2.75) is 19.4 Å². The van der Waals surface area contributed by atoms with Crippen molar-refractivity contribution < 1.29 is 14.4 Å². The smallest absolute Gasteiger partial charge is 0.261 e. The number of phenols is 1. The first-order valence-corrected chi connectivity index (χ1v) is 5.42. The number of methoxy groups -OCH3 is 1. The summed E-state index contributed by atoms with van der Waals surface area (Å²) < 4.78 is 10.4. The van der Waals surface area contributed by atoms with Gasteiger partial charge >= 0.3 is 0 Å². The van der Waals surface area contributed by atoms with Crippen molar-refractivity contribution in [2.75, 3.05) is 12.8 Å². The molecule has 6 heteroatoms. The zero-order valence-electron chi connectivity index (χ0n) is 10.5. The van der Waals surface area contributed by atoms with Crippen molar-refractivity contribution in [2.24, 2.45) is 0 Å². The van der Waals surface area contributed by atoms with Crippen LogP contribution in [0, 0.1) is 0 Å². The second-order valence-corrected chi connectivity index (χ2v) is 4.41. The predicted octanol–water partition coefficient (Wildman–Crippen LogP) is 1.91. The number of nitrogens with zero attached hydrogens (tertiary/aromatic N) is 2. The summed E-state index contributed by atoms with van der Waals surface area (Å²) in [6.07, 6.45) is 0. The molecule has 18 heavy (non-hydrogen) atoms. The minimum absolute atomic E-state index is 0.000392. The van der Waals surface area contributed by atoms with Gasteiger partial charge in [0.25, 0.3) is 5.89 Å². The van der Waals surface area contributed by atoms with E-state index < -0.39 is 5.60 Å². The van der Waals surface area contributed by atoms with E-state index in [1.807, 2.05) is 13.8 Å². The number of benzene rings is 1. The number of phenolic OH excluding ortho intramolecular Hbond substituents is 1. The Balaban J connectivity index is 2.41. The Bertz CT molecular complexity index is 563. The number of rotatable bonds is 3. The zero-order valence-corrected chi connectivity index (χ0v) is 10.5. The van der Waals surface area contributed by atoms with Crippen molar-refractivity contribution >= 4 is 5.69 Å². The number of hydrogen-bond donors (Lipinski definition) is 2. The summed E-state index contributed by atoms with van der Waals surface area (Å²) in [6, 6.07) is 4.71. The minimum atomic E-state index is -0.648. The maximum Gasteiger partial charge on any atom is 0.261 e. The van der Waals surface area contributed by atoms with Crippen LogP contribution < -0.4 is 5.73 Å². The van der Waals surface area contributed by atoms with Gasteiger partial charge in [-0.25, -0.2) is 0 Å². The van der Waals surface area contributed by atoms with Crippen LogP contribution in [-0.2, 0) is 10.3 Å². The third kappa shape index (κ3) is 2.14. The van der Waals surface area contributed by atoms with Crippen molar-refractivity contribution in [3.05, 3.63) is 24.0 Å². The Morgan fingerprint density at radius 2 is 2.11 bits per heavy atom. The second-order valence-electron chi connectivity index (χ2n) is 4.41. The summed E-state index contributed by atoms with van der Waals surface area (Å²) in [7, 11) is 1.57. The number of ether oxygens (including phenoxy) is 1. The van der Waals surface area contributed by atoms with Gasteiger partial charge in [-0.1, -0.05) is 5.16 Å². The first-order chi connectivity index (χ1) is 8.44. The fourth-order valence-corrected chi connectivity index (χ4v) is 1.40. The Morgan fingerprint density at radius 3 is 2.72 bits per heavy atom. The molecule has 0 bridgehead atoms. The lowest BCUT2D eigenvalue weighted by Crippen LogP contribution is -2.21. The quantitative estimate of drug-likeness (QED) is 0.807. The first-order valence-electron chi connectivity index (χ1n) is 5.42. The van der Waals surface area contributed by atoms with E-state index in [1.165, 1.54) is 6.07 Å². The topological polar surface area (TPSA) is 94.4 Å². The normalized spacial score (nSPS) is 11.7. The number of anilines is 1. The molecule has 0 saturated carbocycles. The van der Waals surface area contributed by atoms with Crippen molar-refractivity contribution in [1.29, 1.82) is 0 Å². The van der Waals surface area contributed by atoms with E-state index >= 15 is 0 Å². The molecule has 1 aromatic heterocycles. The van der Waals surface area contributed by atoms with Crippen LogP contribution in [-0.4, -0.2) is 22.4 Å². The Hall–Kier alpha value is -2.08. The summed E-state index contributed by atoms with van der Waals surface area (Å²) in [6.45, 7) is 3.65. The third-order valence-corrected chi connectivity index (χ3v) is 2.73. The van der Waals surface area contributed by atoms with Gasteiger partial charge in [-0.15, -0.1) is 0 Å². The molecule has 96 valence electrons. The molecule has 0 radical (unpaired) electrons. The molecule has 0 atom stereocenters. The van der Waals surface area contributed by atoms with Crippen LogP contribution >= 0.6 is 0 Å². The van der Waals surface area contributed by atoms with E-state index in [9.17, 15) is 5.11 Å². The number of nitrogens with two attached hydrogens (primary N) is 1. The van der Waals surface area contributed by atoms with Crippen LogP contribution in [0.3, 0.4) is 0 Å². The van der Waals surface area contributed by atoms with E-state index in [4.69, 9.17) is 15.0 Å². The maximum absolute atomic E-state index is 9.78. The van der Waals surface area contributed by atoms with Crippen molar-refractivity contribution in [3.8, 4) is 17.2 Å². The fourth-order valence-electron chi connectivity index (χ4n) is 1.40. The number of aromatic nitrogens is 2. The maximum atomic E-state index is 9.78. The SMILES string of the molecule is COC(C)(C)c1noc(-c2ccc(N)cc2O)n1. The highest BCUT2D eigenvalue weighted by Crippen LogP contribution is 2.31. The monoisotopic (exact) mass is 249 g/mol. The fraction of sp³-hybridized carbons (Fsp3) is 0.333. The van der Waals surface area contributed by atoms with Crippen molar-refractivity contribution in [1.82, 2.24) is 10.1 Å². The second kappa shape index (κ2) is 4.30. The van der Waals surface area contributed by atoms with Gasteiger partial charge in [0.15, 0.2) is 0 Å². The summed E-state index contributed by atoms with van der Waals surface area (Å²) >= 11 is 0. The van der Waals surface area contributed by atoms with Gasteiger partial charge in [-0.05, 0) is 26.0 Å². The van der Waals surface area contributed by atoms with Crippen LogP contribution in [0.2, 0.25) is 0 Å². The third-order valence-electron chi connectivity index (χ3n) is 2.73. The summed E-state index contributed by atoms with van der Waals surface area (Å²) in [5.41, 5.74) is 5.81. The molecule has 6 nitrogen and oxygen atoms in total. The highest BCUT2D eigenvalue weighted by Gasteiger charge is 2.27. The number of nitrogen functional groups attached to an aromatic ring is 1. The predicted molar refractivity (Wildman–Crippen MR) is 65.8 cm³/mol. The van der Waals surface area contributed by atoms with Gasteiger partial charge in [-0.3, -0.25) is 0 Å². The van der Waals surface area contributed by atoms with Crippen molar-refractivity contribution in [3.63, 3.8) is 0 Å². The average molecular weight is 249 g/mol. The van der Waals surface area contributed by atoms with E-state index in [2.05, 4.69) is 10.1 Å². The molecule has 0 saturated heterocycles. The molecule has 0 spiro atoms. The van der Waals surface area contributed by atoms with E-state index in [0.29, 0.717) is 17.1 Å². The summed E-state index contributed by atoms with van der Waals surface area (Å²) in [5, 5.41) is 13.6. The lowest BCUT2D eigenvalue weighted by Gasteiger charge is -2.17. The van der Waals surface area contributed by atoms with Gasteiger partial charge in [0.2, 0.25) is 5.82 Å². The van der Waals surface area contributed by atoms with Crippen LogP contribution in [0.1, 0.15) is 19.7 Å². The van der Waals surface area contributed by atoms with Crippen LogP contribution in [0.15, 0.2) is 22.7 Å². The van der Waals surface area contributed by atoms with Gasteiger partial charge in [0.05, 0.1) is 5.56 Å². The minimum Gasteiger partial charge on any atom is -0.507 e. The highest BCUT2D eigenvalue weighted by molar-refractivity contribution is 5.66. The van der Waals surface area contributed by atoms with Gasteiger partial charge in [0, 0.05) is 18.9 Å². The van der Waals surface area contributed by atoms with E-state index in [1.54, 1.807) is 19.2 Å². The highest BCUT2D eigenvalue weighted by atomic mass is 16.5. The van der Waals surface area contributed by atoms with Gasteiger partial charge in [0.1, 0.15) is 11.4 Å². The molecule has 0 aliphatic carbocycles. The number of aromatic hydroxyl groups is 1. The first kappa shape index (κ1) is 12.4. The molecule has 0 aliphatic rings. The molecular weight excluding hydrogens is 234 g/mol. The molecule has 1 heterocycles. The molecule has 3 N–H and O–H groups in total. The molecular formula is C12H15N3O3.